The van der Waals surface area contributed by atoms with Gasteiger partial charge in [0.1, 0.15) is 10.2 Å². The molecule has 7 heteroatoms. The number of anilines is 2. The number of fused-ring (bicyclic) bond motifs is 1. The third-order valence-corrected chi connectivity index (χ3v) is 4.73. The smallest absolute Gasteiger partial charge is 0.288 e. The van der Waals surface area contributed by atoms with E-state index >= 15 is 0 Å². The molecular formula is C13H16N4O2S. The Labute approximate surface area is 120 Å². The molecule has 1 aromatic heterocycles. The number of nitrogen functional groups attached to an aromatic ring is 1. The predicted molar refractivity (Wildman–Crippen MR) is 81.3 cm³/mol. The van der Waals surface area contributed by atoms with Crippen molar-refractivity contribution in [3.05, 3.63) is 22.2 Å². The van der Waals surface area contributed by atoms with E-state index in [0.29, 0.717) is 21.4 Å². The van der Waals surface area contributed by atoms with Gasteiger partial charge < -0.3 is 10.6 Å². The van der Waals surface area contributed by atoms with E-state index in [1.807, 2.05) is 0 Å². The highest BCUT2D eigenvalue weighted by Gasteiger charge is 2.25. The minimum Gasteiger partial charge on any atom is -0.375 e. The molecule has 1 saturated heterocycles. The normalized spacial score (nSPS) is 19.4. The van der Waals surface area contributed by atoms with Gasteiger partial charge in [-0.05, 0) is 32.3 Å². The Morgan fingerprint density at radius 1 is 1.50 bits per heavy atom. The molecule has 0 spiro atoms. The molecule has 2 aromatic rings. The van der Waals surface area contributed by atoms with Crippen LogP contribution in [0.4, 0.5) is 16.5 Å². The molecule has 1 atom stereocenters. The van der Waals surface area contributed by atoms with Crippen LogP contribution < -0.4 is 10.6 Å². The van der Waals surface area contributed by atoms with E-state index in [9.17, 15) is 10.1 Å². The maximum Gasteiger partial charge on any atom is 0.288 e. The van der Waals surface area contributed by atoms with Gasteiger partial charge in [-0.25, -0.2) is 4.98 Å². The van der Waals surface area contributed by atoms with Gasteiger partial charge in [-0.2, -0.15) is 0 Å². The Morgan fingerprint density at radius 3 is 3.00 bits per heavy atom. The molecule has 1 aliphatic heterocycles. The lowest BCUT2D eigenvalue weighted by Gasteiger charge is -2.35. The Bertz CT molecular complexity index is 670. The van der Waals surface area contributed by atoms with Crippen LogP contribution in [0.25, 0.3) is 10.2 Å². The lowest BCUT2D eigenvalue weighted by atomic mass is 10.0. The maximum absolute atomic E-state index is 11.1. The zero-order valence-corrected chi connectivity index (χ0v) is 12.0. The van der Waals surface area contributed by atoms with Gasteiger partial charge in [0.2, 0.25) is 0 Å². The first-order chi connectivity index (χ1) is 9.58. The molecule has 0 bridgehead atoms. The van der Waals surface area contributed by atoms with Gasteiger partial charge in [0.05, 0.1) is 10.6 Å². The van der Waals surface area contributed by atoms with E-state index in [-0.39, 0.29) is 10.6 Å². The largest absolute Gasteiger partial charge is 0.375 e. The van der Waals surface area contributed by atoms with Gasteiger partial charge in [-0.1, -0.05) is 11.3 Å². The lowest BCUT2D eigenvalue weighted by molar-refractivity contribution is -0.382. The zero-order chi connectivity index (χ0) is 14.3. The number of aromatic nitrogens is 1. The van der Waals surface area contributed by atoms with Gasteiger partial charge in [-0.15, -0.1) is 0 Å². The number of non-ortho nitro benzene ring substituents is 1. The maximum atomic E-state index is 11.1. The van der Waals surface area contributed by atoms with Gasteiger partial charge in [-0.3, -0.25) is 10.1 Å². The summed E-state index contributed by atoms with van der Waals surface area (Å²) in [6, 6.07) is 3.80. The second-order valence-corrected chi connectivity index (χ2v) is 6.16. The van der Waals surface area contributed by atoms with Crippen molar-refractivity contribution in [2.75, 3.05) is 17.2 Å². The van der Waals surface area contributed by atoms with Crippen molar-refractivity contribution in [3.63, 3.8) is 0 Å². The fourth-order valence-corrected chi connectivity index (χ4v) is 3.67. The van der Waals surface area contributed by atoms with Crippen LogP contribution in [0.1, 0.15) is 26.2 Å². The Morgan fingerprint density at radius 2 is 2.30 bits per heavy atom. The molecule has 0 amide bonds. The monoisotopic (exact) mass is 292 g/mol. The topological polar surface area (TPSA) is 85.3 Å². The Hall–Kier alpha value is -1.89. The number of rotatable bonds is 2. The minimum atomic E-state index is -0.372. The van der Waals surface area contributed by atoms with Crippen LogP contribution >= 0.6 is 11.3 Å². The summed E-state index contributed by atoms with van der Waals surface area (Å²) in [5.74, 6) is 0. The first-order valence-electron chi connectivity index (χ1n) is 6.68. The summed E-state index contributed by atoms with van der Waals surface area (Å²) in [6.07, 6.45) is 3.51. The highest BCUT2D eigenvalue weighted by atomic mass is 32.1. The number of hydrogen-bond donors (Lipinski definition) is 1. The molecular weight excluding hydrogens is 276 g/mol. The second-order valence-electron chi connectivity index (χ2n) is 5.13. The fraction of sp³-hybridized carbons (Fsp3) is 0.462. The highest BCUT2D eigenvalue weighted by Crippen LogP contribution is 2.39. The molecule has 2 heterocycles. The van der Waals surface area contributed by atoms with Crippen molar-refractivity contribution >= 4 is 38.1 Å². The van der Waals surface area contributed by atoms with Crippen LogP contribution in [0.2, 0.25) is 0 Å². The van der Waals surface area contributed by atoms with Crippen LogP contribution in [0.3, 0.4) is 0 Å². The molecule has 0 saturated carbocycles. The molecule has 1 aromatic carbocycles. The third-order valence-electron chi connectivity index (χ3n) is 3.83. The molecule has 106 valence electrons. The number of hydrogen-bond acceptors (Lipinski definition) is 6. The van der Waals surface area contributed by atoms with E-state index in [1.165, 1.54) is 17.8 Å². The highest BCUT2D eigenvalue weighted by molar-refractivity contribution is 7.22. The van der Waals surface area contributed by atoms with Crippen molar-refractivity contribution in [2.45, 2.75) is 32.2 Å². The SMILES string of the molecule is C[C@H]1CCCCN1c1ccc([N+](=O)[O-])c2sc(N)nc12. The minimum absolute atomic E-state index is 0.0858. The first kappa shape index (κ1) is 13.1. The van der Waals surface area contributed by atoms with Gasteiger partial charge in [0.25, 0.3) is 5.69 Å². The molecule has 1 aliphatic rings. The van der Waals surface area contributed by atoms with Crippen LogP contribution in [-0.4, -0.2) is 22.5 Å². The van der Waals surface area contributed by atoms with E-state index in [0.717, 1.165) is 25.1 Å². The number of nitro benzene ring substituents is 1. The summed E-state index contributed by atoms with van der Waals surface area (Å²) in [6.45, 7) is 3.15. The predicted octanol–water partition coefficient (Wildman–Crippen LogP) is 3.17. The van der Waals surface area contributed by atoms with Crippen LogP contribution in [0.15, 0.2) is 12.1 Å². The summed E-state index contributed by atoms with van der Waals surface area (Å²) >= 11 is 1.18. The lowest BCUT2D eigenvalue weighted by Crippen LogP contribution is -2.37. The fourth-order valence-electron chi connectivity index (χ4n) is 2.83. The van der Waals surface area contributed by atoms with Gasteiger partial charge in [0.15, 0.2) is 5.13 Å². The van der Waals surface area contributed by atoms with E-state index < -0.39 is 0 Å². The zero-order valence-electron chi connectivity index (χ0n) is 11.2. The number of nitro groups is 1. The number of thiazole rings is 1. The molecule has 3 rings (SSSR count). The van der Waals surface area contributed by atoms with Crippen molar-refractivity contribution in [1.29, 1.82) is 0 Å². The summed E-state index contributed by atoms with van der Waals surface area (Å²) < 4.78 is 0.572. The average molecular weight is 292 g/mol. The number of nitrogens with zero attached hydrogens (tertiary/aromatic N) is 3. The quantitative estimate of drug-likeness (QED) is 0.678. The molecule has 2 N–H and O–H groups in total. The molecule has 0 radical (unpaired) electrons. The van der Waals surface area contributed by atoms with E-state index in [4.69, 9.17) is 5.73 Å². The van der Waals surface area contributed by atoms with Gasteiger partial charge in [0, 0.05) is 18.7 Å². The standard InChI is InChI=1S/C13H16N4O2S/c1-8-4-2-3-7-16(8)9-5-6-10(17(18)19)12-11(9)15-13(14)20-12/h5-6,8H,2-4,7H2,1H3,(H2,14,15)/t8-/m0/s1. The summed E-state index contributed by atoms with van der Waals surface area (Å²) in [5, 5.41) is 11.5. The Balaban J connectivity index is 2.17. The molecule has 0 aliphatic carbocycles. The van der Waals surface area contributed by atoms with Crippen LogP contribution in [-0.2, 0) is 0 Å². The number of benzene rings is 1. The first-order valence-corrected chi connectivity index (χ1v) is 7.49. The second kappa shape index (κ2) is 4.90. The molecule has 1 fully saturated rings. The molecule has 20 heavy (non-hydrogen) atoms. The molecule has 0 unspecified atom stereocenters. The number of piperidine rings is 1. The van der Waals surface area contributed by atoms with Crippen LogP contribution in [0, 0.1) is 10.1 Å². The summed E-state index contributed by atoms with van der Waals surface area (Å²) in [5.41, 5.74) is 7.47. The average Bonchev–Trinajstić information content (AvgIpc) is 2.79. The Kier molecular flexibility index (Phi) is 3.21. The summed E-state index contributed by atoms with van der Waals surface area (Å²) in [4.78, 5) is 17.3. The molecule has 6 nitrogen and oxygen atoms in total. The van der Waals surface area contributed by atoms with Crippen LogP contribution in [0.5, 0.6) is 0 Å². The third kappa shape index (κ3) is 2.07. The van der Waals surface area contributed by atoms with Crippen molar-refractivity contribution in [2.24, 2.45) is 0 Å². The number of nitrogens with two attached hydrogens (primary N) is 1. The van der Waals surface area contributed by atoms with E-state index in [1.54, 1.807) is 12.1 Å². The van der Waals surface area contributed by atoms with Crippen molar-refractivity contribution in [1.82, 2.24) is 4.98 Å². The van der Waals surface area contributed by atoms with Crippen molar-refractivity contribution < 1.29 is 4.92 Å². The van der Waals surface area contributed by atoms with Crippen molar-refractivity contribution in [3.8, 4) is 0 Å². The van der Waals surface area contributed by atoms with E-state index in [2.05, 4.69) is 16.8 Å². The van der Waals surface area contributed by atoms with Gasteiger partial charge >= 0.3 is 0 Å². The summed E-state index contributed by atoms with van der Waals surface area (Å²) in [7, 11) is 0.